The van der Waals surface area contributed by atoms with E-state index in [4.69, 9.17) is 0 Å². The van der Waals surface area contributed by atoms with Crippen molar-refractivity contribution >= 4 is 10.0 Å². The van der Waals surface area contributed by atoms with Crippen LogP contribution in [-0.2, 0) is 16.6 Å². The molecule has 0 heterocycles. The van der Waals surface area contributed by atoms with Gasteiger partial charge in [-0.1, -0.05) is 13.0 Å². The molecule has 0 aliphatic rings. The van der Waals surface area contributed by atoms with Crippen LogP contribution < -0.4 is 5.32 Å². The summed E-state index contributed by atoms with van der Waals surface area (Å²) in [7, 11) is -0.951. The van der Waals surface area contributed by atoms with Crippen molar-refractivity contribution in [2.24, 2.45) is 0 Å². The monoisotopic (exact) mass is 274 g/mol. The predicted molar refractivity (Wildman–Crippen MR) is 69.3 cm³/mol. The van der Waals surface area contributed by atoms with Gasteiger partial charge in [0.15, 0.2) is 0 Å². The Kier molecular flexibility index (Phi) is 5.25. The Morgan fingerprint density at radius 3 is 2.50 bits per heavy atom. The summed E-state index contributed by atoms with van der Waals surface area (Å²) < 4.78 is 38.4. The smallest absolute Gasteiger partial charge is 0.245 e. The normalized spacial score (nSPS) is 12.1. The largest absolute Gasteiger partial charge is 0.313 e. The van der Waals surface area contributed by atoms with Crippen molar-refractivity contribution in [3.05, 3.63) is 29.6 Å². The van der Waals surface area contributed by atoms with Crippen LogP contribution in [0.1, 0.15) is 18.9 Å². The van der Waals surface area contributed by atoms with E-state index >= 15 is 0 Å². The average Bonchev–Trinajstić information content (AvgIpc) is 2.29. The molecule has 0 spiro atoms. The molecule has 1 rings (SSSR count). The highest BCUT2D eigenvalue weighted by Gasteiger charge is 2.21. The van der Waals surface area contributed by atoms with E-state index in [1.165, 1.54) is 26.2 Å². The van der Waals surface area contributed by atoms with Gasteiger partial charge >= 0.3 is 0 Å². The molecule has 1 aromatic carbocycles. The van der Waals surface area contributed by atoms with E-state index in [2.05, 4.69) is 5.32 Å². The molecular formula is C12H19FN2O2S. The fourth-order valence-electron chi connectivity index (χ4n) is 1.47. The van der Waals surface area contributed by atoms with Crippen LogP contribution in [0.5, 0.6) is 0 Å². The lowest BCUT2D eigenvalue weighted by Gasteiger charge is -2.12. The van der Waals surface area contributed by atoms with Gasteiger partial charge in [-0.2, -0.15) is 0 Å². The molecule has 0 saturated heterocycles. The Morgan fingerprint density at radius 1 is 1.33 bits per heavy atom. The van der Waals surface area contributed by atoms with E-state index in [1.807, 2.05) is 6.92 Å². The standard InChI is InChI=1S/C12H19FN2O2S/c1-4-7-14-9-10-5-6-12(11(13)8-10)18(16,17)15(2)3/h5-6,8,14H,4,7,9H2,1-3H3. The summed E-state index contributed by atoms with van der Waals surface area (Å²) in [6.45, 7) is 3.42. The number of nitrogens with one attached hydrogen (secondary N) is 1. The lowest BCUT2D eigenvalue weighted by atomic mass is 10.2. The van der Waals surface area contributed by atoms with E-state index < -0.39 is 15.8 Å². The van der Waals surface area contributed by atoms with Gasteiger partial charge in [0.25, 0.3) is 0 Å². The number of rotatable bonds is 6. The molecule has 0 aliphatic carbocycles. The van der Waals surface area contributed by atoms with Gasteiger partial charge in [0.2, 0.25) is 10.0 Å². The zero-order valence-corrected chi connectivity index (χ0v) is 11.7. The minimum Gasteiger partial charge on any atom is -0.313 e. The fourth-order valence-corrected chi connectivity index (χ4v) is 2.41. The van der Waals surface area contributed by atoms with Crippen molar-refractivity contribution in [1.82, 2.24) is 9.62 Å². The van der Waals surface area contributed by atoms with Crippen molar-refractivity contribution in [3.63, 3.8) is 0 Å². The second kappa shape index (κ2) is 6.26. The van der Waals surface area contributed by atoms with Crippen LogP contribution in [-0.4, -0.2) is 33.4 Å². The van der Waals surface area contributed by atoms with Gasteiger partial charge in [-0.3, -0.25) is 0 Å². The third kappa shape index (κ3) is 3.51. The summed E-state index contributed by atoms with van der Waals surface area (Å²) in [5.41, 5.74) is 0.735. The topological polar surface area (TPSA) is 49.4 Å². The Morgan fingerprint density at radius 2 is 2.00 bits per heavy atom. The number of halogens is 1. The summed E-state index contributed by atoms with van der Waals surface area (Å²) in [5.74, 6) is -0.709. The molecule has 6 heteroatoms. The third-order valence-corrected chi connectivity index (χ3v) is 4.36. The minimum atomic E-state index is -3.71. The lowest BCUT2D eigenvalue weighted by Crippen LogP contribution is -2.23. The molecule has 0 fully saturated rings. The minimum absolute atomic E-state index is 0.285. The van der Waals surface area contributed by atoms with E-state index in [-0.39, 0.29) is 4.90 Å². The molecule has 18 heavy (non-hydrogen) atoms. The molecule has 4 nitrogen and oxygen atoms in total. The van der Waals surface area contributed by atoms with E-state index in [1.54, 1.807) is 6.07 Å². The van der Waals surface area contributed by atoms with Crippen LogP contribution in [0.2, 0.25) is 0 Å². The lowest BCUT2D eigenvalue weighted by molar-refractivity contribution is 0.507. The number of sulfonamides is 1. The first-order valence-corrected chi connectivity index (χ1v) is 7.25. The second-order valence-electron chi connectivity index (χ2n) is 4.23. The number of hydrogen-bond donors (Lipinski definition) is 1. The maximum absolute atomic E-state index is 13.8. The highest BCUT2D eigenvalue weighted by Crippen LogP contribution is 2.18. The molecule has 0 amide bonds. The fraction of sp³-hybridized carbons (Fsp3) is 0.500. The molecule has 0 radical (unpaired) electrons. The van der Waals surface area contributed by atoms with Crippen LogP contribution in [0.25, 0.3) is 0 Å². The second-order valence-corrected chi connectivity index (χ2v) is 6.35. The van der Waals surface area contributed by atoms with Crippen LogP contribution in [0.15, 0.2) is 23.1 Å². The molecule has 1 N–H and O–H groups in total. The van der Waals surface area contributed by atoms with E-state index in [0.717, 1.165) is 22.8 Å². The first kappa shape index (κ1) is 15.1. The van der Waals surface area contributed by atoms with Gasteiger partial charge in [0, 0.05) is 20.6 Å². The first-order chi connectivity index (χ1) is 8.39. The van der Waals surface area contributed by atoms with Gasteiger partial charge in [-0.15, -0.1) is 0 Å². The third-order valence-electron chi connectivity index (χ3n) is 2.51. The van der Waals surface area contributed by atoms with Crippen molar-refractivity contribution < 1.29 is 12.8 Å². The number of benzene rings is 1. The number of hydrogen-bond acceptors (Lipinski definition) is 3. The van der Waals surface area contributed by atoms with Crippen LogP contribution >= 0.6 is 0 Å². The zero-order valence-electron chi connectivity index (χ0n) is 10.9. The van der Waals surface area contributed by atoms with Gasteiger partial charge in [0.05, 0.1) is 0 Å². The van der Waals surface area contributed by atoms with E-state index in [9.17, 15) is 12.8 Å². The van der Waals surface area contributed by atoms with Crippen LogP contribution in [0, 0.1) is 5.82 Å². The highest BCUT2D eigenvalue weighted by atomic mass is 32.2. The molecule has 0 atom stereocenters. The van der Waals surface area contributed by atoms with Gasteiger partial charge in [-0.25, -0.2) is 17.1 Å². The molecule has 1 aromatic rings. The molecular weight excluding hydrogens is 255 g/mol. The predicted octanol–water partition coefficient (Wildman–Crippen LogP) is 1.58. The maximum Gasteiger partial charge on any atom is 0.245 e. The maximum atomic E-state index is 13.8. The molecule has 102 valence electrons. The van der Waals surface area contributed by atoms with Gasteiger partial charge in [0.1, 0.15) is 10.7 Å². The quantitative estimate of drug-likeness (QED) is 0.801. The molecule has 0 saturated carbocycles. The average molecular weight is 274 g/mol. The molecule has 0 unspecified atom stereocenters. The van der Waals surface area contributed by atoms with Crippen LogP contribution in [0.3, 0.4) is 0 Å². The number of nitrogens with zero attached hydrogens (tertiary/aromatic N) is 1. The summed E-state index contributed by atoms with van der Waals surface area (Å²) >= 11 is 0. The van der Waals surface area contributed by atoms with E-state index in [0.29, 0.717) is 6.54 Å². The van der Waals surface area contributed by atoms with Crippen molar-refractivity contribution in [3.8, 4) is 0 Å². The summed E-state index contributed by atoms with van der Waals surface area (Å²) in [4.78, 5) is -0.285. The van der Waals surface area contributed by atoms with Crippen molar-refractivity contribution in [2.75, 3.05) is 20.6 Å². The molecule has 0 aromatic heterocycles. The van der Waals surface area contributed by atoms with Gasteiger partial charge in [-0.05, 0) is 30.7 Å². The SMILES string of the molecule is CCCNCc1ccc(S(=O)(=O)N(C)C)c(F)c1. The van der Waals surface area contributed by atoms with Crippen molar-refractivity contribution in [2.45, 2.75) is 24.8 Å². The zero-order chi connectivity index (χ0) is 13.8. The Hall–Kier alpha value is -0.980. The Labute approximate surface area is 108 Å². The van der Waals surface area contributed by atoms with Crippen LogP contribution in [0.4, 0.5) is 4.39 Å². The molecule has 0 bridgehead atoms. The van der Waals surface area contributed by atoms with Gasteiger partial charge < -0.3 is 5.32 Å². The van der Waals surface area contributed by atoms with Crippen molar-refractivity contribution in [1.29, 1.82) is 0 Å². The summed E-state index contributed by atoms with van der Waals surface area (Å²) in [5, 5.41) is 3.13. The summed E-state index contributed by atoms with van der Waals surface area (Å²) in [6, 6.07) is 4.20. The Balaban J connectivity index is 2.93. The Bertz CT molecular complexity index is 501. The first-order valence-electron chi connectivity index (χ1n) is 5.81. The highest BCUT2D eigenvalue weighted by molar-refractivity contribution is 7.89. The molecule has 0 aliphatic heterocycles. The summed E-state index contributed by atoms with van der Waals surface area (Å²) in [6.07, 6.45) is 0.996.